The standard InChI is InChI=1S/C24H28FN3O3/c1-17-13-19(7-8-22(17)25)20-14-21(23(29)26-28-9-11-31-12-10-28)16-27(15-20)24(30)18-5-3-2-4-6-18/h2-8,13,20-21H,9-12,14-16H2,1H3,(H,26,29)/t20-,21+/m1/s1. The van der Waals surface area contributed by atoms with Crippen LogP contribution in [0.25, 0.3) is 0 Å². The van der Waals surface area contributed by atoms with Crippen molar-refractivity contribution in [3.05, 3.63) is 71.0 Å². The molecule has 2 aromatic carbocycles. The number of carbonyl (C=O) groups is 2. The van der Waals surface area contributed by atoms with Gasteiger partial charge in [-0.1, -0.05) is 30.3 Å². The number of halogens is 1. The van der Waals surface area contributed by atoms with E-state index < -0.39 is 0 Å². The number of amides is 2. The minimum Gasteiger partial charge on any atom is -0.379 e. The Morgan fingerprint density at radius 1 is 1.06 bits per heavy atom. The van der Waals surface area contributed by atoms with Crippen LogP contribution in [-0.2, 0) is 9.53 Å². The molecule has 0 unspecified atom stereocenters. The summed E-state index contributed by atoms with van der Waals surface area (Å²) in [6.07, 6.45) is 0.611. The zero-order chi connectivity index (χ0) is 21.8. The van der Waals surface area contributed by atoms with E-state index in [1.807, 2.05) is 29.3 Å². The Bertz CT molecular complexity index is 931. The highest BCUT2D eigenvalue weighted by molar-refractivity contribution is 5.94. The number of ether oxygens (including phenoxy) is 1. The normalized spacial score (nSPS) is 22.2. The van der Waals surface area contributed by atoms with E-state index in [4.69, 9.17) is 4.74 Å². The van der Waals surface area contributed by atoms with E-state index in [0.29, 0.717) is 56.9 Å². The Morgan fingerprint density at radius 3 is 2.52 bits per heavy atom. The lowest BCUT2D eigenvalue weighted by Crippen LogP contribution is -2.54. The van der Waals surface area contributed by atoms with Crippen LogP contribution in [0.1, 0.15) is 33.8 Å². The van der Waals surface area contributed by atoms with Crippen molar-refractivity contribution >= 4 is 11.8 Å². The lowest BCUT2D eigenvalue weighted by molar-refractivity contribution is -0.133. The molecule has 0 radical (unpaired) electrons. The van der Waals surface area contributed by atoms with E-state index >= 15 is 0 Å². The Morgan fingerprint density at radius 2 is 1.81 bits per heavy atom. The van der Waals surface area contributed by atoms with Gasteiger partial charge < -0.3 is 9.64 Å². The van der Waals surface area contributed by atoms with Crippen LogP contribution in [0.2, 0.25) is 0 Å². The molecule has 6 nitrogen and oxygen atoms in total. The largest absolute Gasteiger partial charge is 0.379 e. The summed E-state index contributed by atoms with van der Waals surface area (Å²) in [7, 11) is 0. The minimum absolute atomic E-state index is 0.0406. The number of nitrogens with zero attached hydrogens (tertiary/aromatic N) is 2. The van der Waals surface area contributed by atoms with Crippen LogP contribution in [0.3, 0.4) is 0 Å². The molecule has 2 heterocycles. The number of likely N-dealkylation sites (tertiary alicyclic amines) is 1. The minimum atomic E-state index is -0.348. The number of benzene rings is 2. The van der Waals surface area contributed by atoms with Gasteiger partial charge in [-0.3, -0.25) is 15.0 Å². The van der Waals surface area contributed by atoms with Crippen LogP contribution >= 0.6 is 0 Å². The first-order valence-electron chi connectivity index (χ1n) is 10.7. The molecule has 4 rings (SSSR count). The zero-order valence-corrected chi connectivity index (χ0v) is 17.7. The number of rotatable bonds is 4. The second-order valence-electron chi connectivity index (χ2n) is 8.29. The van der Waals surface area contributed by atoms with Crippen molar-refractivity contribution in [2.45, 2.75) is 19.3 Å². The van der Waals surface area contributed by atoms with Gasteiger partial charge in [0, 0.05) is 37.7 Å². The molecule has 0 saturated carbocycles. The average Bonchev–Trinajstić information content (AvgIpc) is 2.81. The summed E-state index contributed by atoms with van der Waals surface area (Å²) in [6.45, 7) is 5.05. The van der Waals surface area contributed by atoms with E-state index in [1.165, 1.54) is 6.07 Å². The number of aryl methyl sites for hydroxylation is 1. The third kappa shape index (κ3) is 5.11. The highest BCUT2D eigenvalue weighted by Crippen LogP contribution is 2.32. The molecule has 2 saturated heterocycles. The Labute approximate surface area is 181 Å². The summed E-state index contributed by atoms with van der Waals surface area (Å²) in [6, 6.07) is 14.2. The SMILES string of the molecule is Cc1cc([C@@H]2C[C@H](C(=O)NN3CCOCC3)CN(C(=O)c3ccccc3)C2)ccc1F. The lowest BCUT2D eigenvalue weighted by atomic mass is 9.83. The highest BCUT2D eigenvalue weighted by atomic mass is 19.1. The van der Waals surface area contributed by atoms with Crippen molar-refractivity contribution in [2.75, 3.05) is 39.4 Å². The molecule has 31 heavy (non-hydrogen) atoms. The molecule has 2 aliphatic heterocycles. The fraction of sp³-hybridized carbons (Fsp3) is 0.417. The van der Waals surface area contributed by atoms with E-state index in [9.17, 15) is 14.0 Å². The number of piperidine rings is 1. The maximum absolute atomic E-state index is 13.8. The highest BCUT2D eigenvalue weighted by Gasteiger charge is 2.35. The maximum Gasteiger partial charge on any atom is 0.253 e. The molecular formula is C24H28FN3O3. The number of carbonyl (C=O) groups excluding carboxylic acids is 2. The monoisotopic (exact) mass is 425 g/mol. The van der Waals surface area contributed by atoms with Crippen LogP contribution in [0, 0.1) is 18.7 Å². The first-order chi connectivity index (χ1) is 15.0. The van der Waals surface area contributed by atoms with E-state index in [0.717, 1.165) is 5.56 Å². The second-order valence-corrected chi connectivity index (χ2v) is 8.29. The molecule has 0 spiro atoms. The maximum atomic E-state index is 13.8. The first kappa shape index (κ1) is 21.5. The van der Waals surface area contributed by atoms with Gasteiger partial charge in [-0.2, -0.15) is 0 Å². The summed E-state index contributed by atoms with van der Waals surface area (Å²) in [5.74, 6) is -0.816. The van der Waals surface area contributed by atoms with Gasteiger partial charge in [0.2, 0.25) is 5.91 Å². The van der Waals surface area contributed by atoms with Gasteiger partial charge in [0.1, 0.15) is 5.82 Å². The average molecular weight is 426 g/mol. The molecule has 2 aromatic rings. The Balaban J connectivity index is 1.56. The zero-order valence-electron chi connectivity index (χ0n) is 17.7. The van der Waals surface area contributed by atoms with Crippen LogP contribution < -0.4 is 5.43 Å². The van der Waals surface area contributed by atoms with Crippen molar-refractivity contribution in [2.24, 2.45) is 5.92 Å². The molecule has 164 valence electrons. The summed E-state index contributed by atoms with van der Waals surface area (Å²) < 4.78 is 19.2. The fourth-order valence-corrected chi connectivity index (χ4v) is 4.30. The van der Waals surface area contributed by atoms with Crippen molar-refractivity contribution in [1.82, 2.24) is 15.3 Å². The molecule has 2 fully saturated rings. The van der Waals surface area contributed by atoms with Gasteiger partial charge >= 0.3 is 0 Å². The van der Waals surface area contributed by atoms with E-state index in [1.54, 1.807) is 30.0 Å². The van der Waals surface area contributed by atoms with Crippen LogP contribution in [0.5, 0.6) is 0 Å². The Kier molecular flexibility index (Phi) is 6.63. The topological polar surface area (TPSA) is 61.9 Å². The van der Waals surface area contributed by atoms with Gasteiger partial charge in [-0.15, -0.1) is 0 Å². The van der Waals surface area contributed by atoms with Crippen LogP contribution in [0.15, 0.2) is 48.5 Å². The quantitative estimate of drug-likeness (QED) is 0.818. The fourth-order valence-electron chi connectivity index (χ4n) is 4.30. The van der Waals surface area contributed by atoms with E-state index in [-0.39, 0.29) is 29.5 Å². The summed E-state index contributed by atoms with van der Waals surface area (Å²) in [5.41, 5.74) is 5.12. The molecule has 0 aromatic heterocycles. The molecule has 0 bridgehead atoms. The summed E-state index contributed by atoms with van der Waals surface area (Å²) >= 11 is 0. The summed E-state index contributed by atoms with van der Waals surface area (Å²) in [5, 5.41) is 1.88. The van der Waals surface area contributed by atoms with Gasteiger partial charge in [0.05, 0.1) is 19.1 Å². The van der Waals surface area contributed by atoms with Crippen molar-refractivity contribution in [3.63, 3.8) is 0 Å². The number of nitrogens with one attached hydrogen (secondary N) is 1. The molecule has 2 amide bonds. The van der Waals surface area contributed by atoms with Gasteiger partial charge in [-0.05, 0) is 42.7 Å². The molecule has 7 heteroatoms. The van der Waals surface area contributed by atoms with Crippen molar-refractivity contribution in [3.8, 4) is 0 Å². The number of hydrogen-bond acceptors (Lipinski definition) is 4. The molecule has 1 N–H and O–H groups in total. The van der Waals surface area contributed by atoms with Crippen molar-refractivity contribution < 1.29 is 18.7 Å². The molecule has 2 aliphatic rings. The number of hydrogen-bond donors (Lipinski definition) is 1. The molecule has 2 atom stereocenters. The third-order valence-electron chi connectivity index (χ3n) is 6.06. The number of morpholine rings is 1. The third-order valence-corrected chi connectivity index (χ3v) is 6.06. The second kappa shape index (κ2) is 9.58. The summed E-state index contributed by atoms with van der Waals surface area (Å²) in [4.78, 5) is 28.0. The predicted molar refractivity (Wildman–Crippen MR) is 115 cm³/mol. The predicted octanol–water partition coefficient (Wildman–Crippen LogP) is 2.74. The Hall–Kier alpha value is -2.77. The van der Waals surface area contributed by atoms with E-state index in [2.05, 4.69) is 5.43 Å². The van der Waals surface area contributed by atoms with Crippen LogP contribution in [0.4, 0.5) is 4.39 Å². The molecule has 0 aliphatic carbocycles. The smallest absolute Gasteiger partial charge is 0.253 e. The van der Waals surface area contributed by atoms with Crippen molar-refractivity contribution in [1.29, 1.82) is 0 Å². The van der Waals surface area contributed by atoms with Gasteiger partial charge in [0.15, 0.2) is 0 Å². The van der Waals surface area contributed by atoms with Gasteiger partial charge in [-0.25, -0.2) is 9.40 Å². The molecular weight excluding hydrogens is 397 g/mol. The first-order valence-corrected chi connectivity index (χ1v) is 10.7. The van der Waals surface area contributed by atoms with Gasteiger partial charge in [0.25, 0.3) is 5.91 Å². The number of hydrazine groups is 1. The van der Waals surface area contributed by atoms with Crippen LogP contribution in [-0.4, -0.2) is 61.1 Å². The lowest BCUT2D eigenvalue weighted by Gasteiger charge is -2.38.